The van der Waals surface area contributed by atoms with Gasteiger partial charge in [0.05, 0.1) is 12.3 Å². The summed E-state index contributed by atoms with van der Waals surface area (Å²) < 4.78 is 0. The second kappa shape index (κ2) is 6.12. The Morgan fingerprint density at radius 2 is 2.29 bits per heavy atom. The van der Waals surface area contributed by atoms with E-state index < -0.39 is 0 Å². The molecule has 94 valence electrons. The van der Waals surface area contributed by atoms with Gasteiger partial charge in [-0.25, -0.2) is 0 Å². The molecule has 3 nitrogen and oxygen atoms in total. The van der Waals surface area contributed by atoms with E-state index in [1.165, 1.54) is 24.8 Å². The van der Waals surface area contributed by atoms with Crippen molar-refractivity contribution >= 4 is 0 Å². The van der Waals surface area contributed by atoms with E-state index in [2.05, 4.69) is 22.9 Å². The first-order chi connectivity index (χ1) is 8.31. The third-order valence-electron chi connectivity index (χ3n) is 3.68. The second-order valence-electron chi connectivity index (χ2n) is 4.92. The minimum atomic E-state index is 0.270. The predicted molar refractivity (Wildman–Crippen MR) is 68.7 cm³/mol. The maximum Gasteiger partial charge on any atom is 0.0587 e. The molecule has 1 fully saturated rings. The van der Waals surface area contributed by atoms with Crippen molar-refractivity contribution in [3.05, 3.63) is 29.6 Å². The van der Waals surface area contributed by atoms with Crippen LogP contribution in [0.5, 0.6) is 0 Å². The van der Waals surface area contributed by atoms with Crippen LogP contribution in [0, 0.1) is 6.92 Å². The fourth-order valence-corrected chi connectivity index (χ4v) is 2.53. The smallest absolute Gasteiger partial charge is 0.0587 e. The Morgan fingerprint density at radius 3 is 3.06 bits per heavy atom. The van der Waals surface area contributed by atoms with Crippen LogP contribution in [0.2, 0.25) is 0 Å². The predicted octanol–water partition coefficient (Wildman–Crippen LogP) is 2.13. The van der Waals surface area contributed by atoms with Crippen molar-refractivity contribution in [1.29, 1.82) is 0 Å². The molecule has 3 heteroatoms. The largest absolute Gasteiger partial charge is 0.395 e. The molecule has 17 heavy (non-hydrogen) atoms. The van der Waals surface area contributed by atoms with Gasteiger partial charge in [-0.3, -0.25) is 9.88 Å². The summed E-state index contributed by atoms with van der Waals surface area (Å²) in [5, 5.41) is 9.47. The van der Waals surface area contributed by atoms with Gasteiger partial charge < -0.3 is 5.11 Å². The highest BCUT2D eigenvalue weighted by molar-refractivity contribution is 5.17. The highest BCUT2D eigenvalue weighted by atomic mass is 16.3. The first-order valence-corrected chi connectivity index (χ1v) is 6.56. The van der Waals surface area contributed by atoms with Gasteiger partial charge in [0.1, 0.15) is 0 Å². The number of aliphatic hydroxyl groups excluding tert-OH is 1. The van der Waals surface area contributed by atoms with Crippen molar-refractivity contribution in [1.82, 2.24) is 9.88 Å². The van der Waals surface area contributed by atoms with Gasteiger partial charge in [-0.1, -0.05) is 18.9 Å². The van der Waals surface area contributed by atoms with E-state index in [1.807, 2.05) is 12.3 Å². The Kier molecular flexibility index (Phi) is 4.51. The molecule has 0 aliphatic carbocycles. The van der Waals surface area contributed by atoms with Crippen molar-refractivity contribution in [2.75, 3.05) is 13.2 Å². The first kappa shape index (κ1) is 12.5. The van der Waals surface area contributed by atoms with Gasteiger partial charge in [0.2, 0.25) is 0 Å². The van der Waals surface area contributed by atoms with Gasteiger partial charge in [-0.05, 0) is 37.9 Å². The average Bonchev–Trinajstić information content (AvgIpc) is 2.57. The first-order valence-electron chi connectivity index (χ1n) is 6.56. The molecule has 0 radical (unpaired) electrons. The van der Waals surface area contributed by atoms with Crippen LogP contribution in [0.4, 0.5) is 0 Å². The van der Waals surface area contributed by atoms with E-state index >= 15 is 0 Å². The number of pyridine rings is 1. The lowest BCUT2D eigenvalue weighted by molar-refractivity contribution is 0.117. The van der Waals surface area contributed by atoms with E-state index in [9.17, 15) is 5.11 Å². The van der Waals surface area contributed by atoms with Crippen LogP contribution in [0.15, 0.2) is 18.3 Å². The molecule has 1 saturated heterocycles. The third-order valence-corrected chi connectivity index (χ3v) is 3.68. The number of likely N-dealkylation sites (tertiary alicyclic amines) is 1. The van der Waals surface area contributed by atoms with Crippen LogP contribution in [-0.4, -0.2) is 34.2 Å². The number of aromatic nitrogens is 1. The molecule has 0 aromatic carbocycles. The Bertz CT molecular complexity index is 354. The minimum absolute atomic E-state index is 0.270. The average molecular weight is 234 g/mol. The van der Waals surface area contributed by atoms with Crippen LogP contribution < -0.4 is 0 Å². The van der Waals surface area contributed by atoms with Crippen LogP contribution in [0.1, 0.15) is 36.9 Å². The van der Waals surface area contributed by atoms with Crippen LogP contribution in [0.3, 0.4) is 0 Å². The SMILES string of the molecule is Cc1cccnc1CN1CCCCCC1CO. The van der Waals surface area contributed by atoms with E-state index in [-0.39, 0.29) is 6.61 Å². The van der Waals surface area contributed by atoms with Gasteiger partial charge in [-0.15, -0.1) is 0 Å². The lowest BCUT2D eigenvalue weighted by atomic mass is 10.1. The Hall–Kier alpha value is -0.930. The molecule has 1 N–H and O–H groups in total. The lowest BCUT2D eigenvalue weighted by Crippen LogP contribution is -2.37. The zero-order chi connectivity index (χ0) is 12.1. The Labute approximate surface area is 103 Å². The van der Waals surface area contributed by atoms with Crippen LogP contribution in [-0.2, 0) is 6.54 Å². The fraction of sp³-hybridized carbons (Fsp3) is 0.643. The van der Waals surface area contributed by atoms with Crippen LogP contribution in [0.25, 0.3) is 0 Å². The molecule has 0 saturated carbocycles. The number of nitrogens with zero attached hydrogens (tertiary/aromatic N) is 2. The molecule has 1 unspecified atom stereocenters. The summed E-state index contributed by atoms with van der Waals surface area (Å²) in [6.45, 7) is 4.33. The molecule has 1 aliphatic rings. The quantitative estimate of drug-likeness (QED) is 0.870. The summed E-state index contributed by atoms with van der Waals surface area (Å²) in [4.78, 5) is 6.84. The number of aryl methyl sites for hydroxylation is 1. The van der Waals surface area contributed by atoms with Gasteiger partial charge in [-0.2, -0.15) is 0 Å². The summed E-state index contributed by atoms with van der Waals surface area (Å²) in [5.74, 6) is 0. The molecular weight excluding hydrogens is 212 g/mol. The van der Waals surface area contributed by atoms with Gasteiger partial charge >= 0.3 is 0 Å². The Morgan fingerprint density at radius 1 is 1.41 bits per heavy atom. The monoisotopic (exact) mass is 234 g/mol. The number of aliphatic hydroxyl groups is 1. The molecule has 0 amide bonds. The van der Waals surface area contributed by atoms with Crippen molar-refractivity contribution < 1.29 is 5.11 Å². The van der Waals surface area contributed by atoms with Crippen molar-refractivity contribution in [3.63, 3.8) is 0 Å². The fourth-order valence-electron chi connectivity index (χ4n) is 2.53. The lowest BCUT2D eigenvalue weighted by Gasteiger charge is -2.28. The zero-order valence-electron chi connectivity index (χ0n) is 10.6. The normalized spacial score (nSPS) is 22.4. The summed E-state index contributed by atoms with van der Waals surface area (Å²) in [6, 6.07) is 4.40. The molecule has 1 atom stereocenters. The summed E-state index contributed by atoms with van der Waals surface area (Å²) in [7, 11) is 0. The van der Waals surface area contributed by atoms with Crippen molar-refractivity contribution in [3.8, 4) is 0 Å². The maximum atomic E-state index is 9.47. The van der Waals surface area contributed by atoms with E-state index in [0.717, 1.165) is 25.2 Å². The molecule has 1 aliphatic heterocycles. The highest BCUT2D eigenvalue weighted by Crippen LogP contribution is 2.19. The molecule has 0 spiro atoms. The number of rotatable bonds is 3. The van der Waals surface area contributed by atoms with Gasteiger partial charge in [0.15, 0.2) is 0 Å². The summed E-state index contributed by atoms with van der Waals surface area (Å²) >= 11 is 0. The Balaban J connectivity index is 2.07. The summed E-state index contributed by atoms with van der Waals surface area (Å²) in [6.07, 6.45) is 6.73. The minimum Gasteiger partial charge on any atom is -0.395 e. The van der Waals surface area contributed by atoms with Gasteiger partial charge in [0, 0.05) is 18.8 Å². The summed E-state index contributed by atoms with van der Waals surface area (Å²) in [5.41, 5.74) is 2.39. The maximum absolute atomic E-state index is 9.47. The second-order valence-corrected chi connectivity index (χ2v) is 4.92. The highest BCUT2D eigenvalue weighted by Gasteiger charge is 2.20. The number of hydrogen-bond acceptors (Lipinski definition) is 3. The zero-order valence-corrected chi connectivity index (χ0v) is 10.6. The van der Waals surface area contributed by atoms with E-state index in [4.69, 9.17) is 0 Å². The molecule has 2 rings (SSSR count). The van der Waals surface area contributed by atoms with Crippen molar-refractivity contribution in [2.45, 2.75) is 45.2 Å². The number of hydrogen-bond donors (Lipinski definition) is 1. The molecular formula is C14H22N2O. The van der Waals surface area contributed by atoms with E-state index in [1.54, 1.807) is 0 Å². The molecule has 1 aromatic heterocycles. The molecule has 1 aromatic rings. The van der Waals surface area contributed by atoms with Crippen LogP contribution >= 0.6 is 0 Å². The van der Waals surface area contributed by atoms with E-state index in [0.29, 0.717) is 6.04 Å². The van der Waals surface area contributed by atoms with Crippen molar-refractivity contribution in [2.24, 2.45) is 0 Å². The van der Waals surface area contributed by atoms with Gasteiger partial charge in [0.25, 0.3) is 0 Å². The third kappa shape index (κ3) is 3.27. The molecule has 0 bridgehead atoms. The standard InChI is InChI=1S/C14H22N2O/c1-12-6-5-8-15-14(12)10-16-9-4-2-3-7-13(16)11-17/h5-6,8,13,17H,2-4,7,9-11H2,1H3. The topological polar surface area (TPSA) is 36.4 Å². The molecule has 2 heterocycles.